The second kappa shape index (κ2) is 17.5. The Labute approximate surface area is 278 Å². The van der Waals surface area contributed by atoms with E-state index in [0.717, 1.165) is 39.0 Å². The van der Waals surface area contributed by atoms with Gasteiger partial charge in [-0.2, -0.15) is 26.3 Å². The first kappa shape index (κ1) is 38.5. The number of nitrogens with two attached hydrogens (primary N) is 2. The lowest BCUT2D eigenvalue weighted by Crippen LogP contribution is -2.21. The number of aliphatic carboxylic acids is 2. The maximum absolute atomic E-state index is 10.6. The molecule has 14 nitrogen and oxygen atoms in total. The number of fused-ring (bicyclic) bond motifs is 2. The van der Waals surface area contributed by atoms with Crippen molar-refractivity contribution in [3.05, 3.63) is 72.6 Å². The molecule has 0 amide bonds. The van der Waals surface area contributed by atoms with E-state index >= 15 is 0 Å². The number of hydrogen-bond donors (Lipinski definition) is 4. The van der Waals surface area contributed by atoms with Crippen molar-refractivity contribution in [1.29, 1.82) is 0 Å². The van der Waals surface area contributed by atoms with Crippen LogP contribution in [-0.2, 0) is 27.3 Å². The molecule has 0 spiro atoms. The average molecular weight is 714 g/mol. The van der Waals surface area contributed by atoms with Gasteiger partial charge in [-0.3, -0.25) is 0 Å². The molecule has 3 aromatic heterocycles. The van der Waals surface area contributed by atoms with Crippen LogP contribution in [0.3, 0.4) is 0 Å². The number of nitrogen functional groups attached to an aromatic ring is 2. The van der Waals surface area contributed by atoms with Gasteiger partial charge in [-0.05, 0) is 54.6 Å². The number of aromatic nitrogens is 5. The summed E-state index contributed by atoms with van der Waals surface area (Å²) in [6.07, 6.45) is -7.62. The lowest BCUT2D eigenvalue weighted by molar-refractivity contribution is -0.193. The van der Waals surface area contributed by atoms with E-state index < -0.39 is 24.3 Å². The van der Waals surface area contributed by atoms with Crippen molar-refractivity contribution >= 4 is 45.4 Å². The summed E-state index contributed by atoms with van der Waals surface area (Å²) in [5.41, 5.74) is 14.0. The Morgan fingerprint density at radius 2 is 1.40 bits per heavy atom. The highest BCUT2D eigenvalue weighted by molar-refractivity contribution is 5.86. The molecule has 50 heavy (non-hydrogen) atoms. The Hall–Kier alpha value is -5.92. The van der Waals surface area contributed by atoms with Crippen molar-refractivity contribution in [3.8, 4) is 11.5 Å². The summed E-state index contributed by atoms with van der Waals surface area (Å²) >= 11 is 0. The lowest BCUT2D eigenvalue weighted by Gasteiger charge is -2.08. The third-order valence-electron chi connectivity index (χ3n) is 6.04. The predicted molar refractivity (Wildman–Crippen MR) is 165 cm³/mol. The monoisotopic (exact) mass is 713 g/mol. The fraction of sp³-hybridized carbons (Fsp3) is 0.267. The third kappa shape index (κ3) is 12.6. The van der Waals surface area contributed by atoms with Crippen LogP contribution in [0.15, 0.2) is 66.9 Å². The van der Waals surface area contributed by atoms with Gasteiger partial charge >= 0.3 is 24.3 Å². The second-order valence-corrected chi connectivity index (χ2v) is 9.79. The van der Waals surface area contributed by atoms with Gasteiger partial charge in [-0.15, -0.1) is 5.10 Å². The Morgan fingerprint density at radius 3 is 2.06 bits per heavy atom. The van der Waals surface area contributed by atoms with Gasteiger partial charge in [0.15, 0.2) is 0 Å². The van der Waals surface area contributed by atoms with Gasteiger partial charge in [0.05, 0.1) is 43.1 Å². The van der Waals surface area contributed by atoms with Crippen LogP contribution in [-0.4, -0.2) is 85.9 Å². The van der Waals surface area contributed by atoms with Crippen LogP contribution < -0.4 is 20.9 Å². The first-order valence-corrected chi connectivity index (χ1v) is 14.2. The molecule has 0 aliphatic carbocycles. The maximum Gasteiger partial charge on any atom is 0.490 e. The van der Waals surface area contributed by atoms with E-state index in [4.69, 9.17) is 45.5 Å². The molecule has 6 N–H and O–H groups in total. The van der Waals surface area contributed by atoms with Gasteiger partial charge in [-0.1, -0.05) is 11.3 Å². The molecule has 20 heteroatoms. The fourth-order valence-electron chi connectivity index (χ4n) is 3.78. The number of benzene rings is 2. The van der Waals surface area contributed by atoms with Gasteiger partial charge in [0.25, 0.3) is 0 Å². The van der Waals surface area contributed by atoms with Gasteiger partial charge in [-0.25, -0.2) is 24.2 Å². The predicted octanol–water partition coefficient (Wildman–Crippen LogP) is 4.52. The van der Waals surface area contributed by atoms with Crippen molar-refractivity contribution in [2.45, 2.75) is 25.3 Å². The molecule has 0 saturated carbocycles. The van der Waals surface area contributed by atoms with E-state index in [9.17, 15) is 26.3 Å². The zero-order valence-electron chi connectivity index (χ0n) is 25.7. The molecule has 3 heterocycles. The largest absolute Gasteiger partial charge is 0.492 e. The summed E-state index contributed by atoms with van der Waals surface area (Å²) < 4.78 is 82.6. The number of hydrogen-bond acceptors (Lipinski definition) is 11. The van der Waals surface area contributed by atoms with Crippen molar-refractivity contribution in [3.63, 3.8) is 0 Å². The molecule has 0 fully saturated rings. The first-order valence-electron chi connectivity index (χ1n) is 14.2. The smallest absolute Gasteiger partial charge is 0.490 e. The van der Waals surface area contributed by atoms with Crippen molar-refractivity contribution in [1.82, 2.24) is 25.0 Å². The topological polar surface area (TPSA) is 211 Å². The maximum atomic E-state index is 10.6. The molecule has 0 unspecified atom stereocenters. The molecule has 5 aromatic rings. The molecular formula is C30H29F6N7O7. The van der Waals surface area contributed by atoms with Gasteiger partial charge in [0.2, 0.25) is 0 Å². The van der Waals surface area contributed by atoms with Crippen molar-refractivity contribution in [2.75, 3.05) is 37.9 Å². The van der Waals surface area contributed by atoms with E-state index in [2.05, 4.69) is 20.3 Å². The highest BCUT2D eigenvalue weighted by Gasteiger charge is 2.38. The third-order valence-corrected chi connectivity index (χ3v) is 6.04. The molecule has 0 aliphatic heterocycles. The van der Waals surface area contributed by atoms with Gasteiger partial charge in [0.1, 0.15) is 29.7 Å². The molecule has 268 valence electrons. The average Bonchev–Trinajstić information content (AvgIpc) is 3.49. The molecule has 0 aliphatic rings. The summed E-state index contributed by atoms with van der Waals surface area (Å²) in [4.78, 5) is 26.4. The number of nitrogens with zero attached hydrogens (tertiary/aromatic N) is 5. The number of anilines is 2. The minimum Gasteiger partial charge on any atom is -0.492 e. The van der Waals surface area contributed by atoms with Crippen LogP contribution in [0.5, 0.6) is 11.5 Å². The zero-order valence-corrected chi connectivity index (χ0v) is 25.7. The van der Waals surface area contributed by atoms with Crippen LogP contribution in [0.4, 0.5) is 38.0 Å². The van der Waals surface area contributed by atoms with Crippen LogP contribution in [0.25, 0.3) is 21.8 Å². The summed E-state index contributed by atoms with van der Waals surface area (Å²) in [7, 11) is 0. The van der Waals surface area contributed by atoms with E-state index in [-0.39, 0.29) is 0 Å². The summed E-state index contributed by atoms with van der Waals surface area (Å²) in [5, 5.41) is 24.5. The molecule has 2 aromatic carbocycles. The van der Waals surface area contributed by atoms with Gasteiger partial charge < -0.3 is 35.9 Å². The van der Waals surface area contributed by atoms with Crippen molar-refractivity contribution in [2.24, 2.45) is 0 Å². The minimum atomic E-state index is -5.08. The molecule has 0 saturated heterocycles. The number of carbonyl (C=O) groups is 2. The molecule has 0 atom stereocenters. The number of rotatable bonds is 11. The molecular weight excluding hydrogens is 684 g/mol. The Balaban J connectivity index is 0.000000408. The number of halogens is 6. The van der Waals surface area contributed by atoms with Gasteiger partial charge in [0, 0.05) is 23.4 Å². The summed E-state index contributed by atoms with van der Waals surface area (Å²) in [6, 6.07) is 18.8. The lowest BCUT2D eigenvalue weighted by atomic mass is 10.2. The highest BCUT2D eigenvalue weighted by atomic mass is 19.4. The Bertz CT molecular complexity index is 1860. The zero-order chi connectivity index (χ0) is 36.9. The number of ether oxygens (including phenoxy) is 3. The molecule has 0 bridgehead atoms. The summed E-state index contributed by atoms with van der Waals surface area (Å²) in [5.74, 6) is -2.98. The van der Waals surface area contributed by atoms with E-state index in [1.165, 1.54) is 0 Å². The van der Waals surface area contributed by atoms with Crippen LogP contribution in [0, 0.1) is 0 Å². The van der Waals surface area contributed by atoms with E-state index in [1.54, 1.807) is 16.8 Å². The Kier molecular flexibility index (Phi) is 13.5. The minimum absolute atomic E-state index is 0.449. The number of pyridine rings is 2. The molecule has 5 rings (SSSR count). The number of carboxylic acids is 2. The van der Waals surface area contributed by atoms with E-state index in [1.807, 2.05) is 54.7 Å². The normalized spacial score (nSPS) is 11.2. The van der Waals surface area contributed by atoms with Crippen LogP contribution in [0.1, 0.15) is 5.69 Å². The number of alkyl halides is 6. The highest BCUT2D eigenvalue weighted by Crippen LogP contribution is 2.25. The SMILES string of the molecule is Nc1ccc2cc(OCCOCCn3cc(CCOc4cccc5nc(N)ccc45)nn3)ccc2n1.O=C(O)C(F)(F)F.O=C(O)C(F)(F)F. The van der Waals surface area contributed by atoms with E-state index in [0.29, 0.717) is 51.0 Å². The quantitative estimate of drug-likeness (QED) is 0.110. The second-order valence-electron chi connectivity index (χ2n) is 9.79. The Morgan fingerprint density at radius 1 is 0.760 bits per heavy atom. The first-order chi connectivity index (χ1) is 23.5. The standard InChI is InChI=1S/C26H27N7O3.2C2HF3O2/c27-25-8-4-18-16-20(5-7-22(18)29-25)35-15-14-34-13-11-33-17-19(31-32-33)10-12-36-24-3-1-2-23-21(24)6-9-26(28)30-23;2*3-2(4,5)1(6)7/h1-9,16-17H,10-15H2,(H2,27,29)(H2,28,30);2*(H,6,7). The summed E-state index contributed by atoms with van der Waals surface area (Å²) in [6.45, 7) is 2.51. The number of carboxylic acid groups (broad SMARTS) is 2. The molecule has 0 radical (unpaired) electrons. The van der Waals surface area contributed by atoms with Crippen LogP contribution in [0.2, 0.25) is 0 Å². The fourth-order valence-corrected chi connectivity index (χ4v) is 3.78. The van der Waals surface area contributed by atoms with Crippen LogP contribution >= 0.6 is 0 Å². The van der Waals surface area contributed by atoms with Crippen molar-refractivity contribution < 1.29 is 60.4 Å².